The fraction of sp³-hybridized carbons (Fsp3) is 0.500. The Labute approximate surface area is 137 Å². The number of rotatable bonds is 4. The van der Waals surface area contributed by atoms with Gasteiger partial charge in [0.15, 0.2) is 5.69 Å². The van der Waals surface area contributed by atoms with E-state index in [1.165, 1.54) is 10.9 Å². The Morgan fingerprint density at radius 1 is 1.48 bits per heavy atom. The molecule has 0 unspecified atom stereocenters. The standard InChI is InChI=1S/C14H18N6O2S/c1-9-8-23-13(16-9)10-3-2-4-19(5-10)14(22)11-6-20(18-17-11)7-12(15)21/h6,8,10H,2-5,7H2,1H3,(H2,15,21)/t10-/m0/s1. The van der Waals surface area contributed by atoms with Gasteiger partial charge in [0.2, 0.25) is 5.91 Å². The highest BCUT2D eigenvalue weighted by atomic mass is 32.1. The molecule has 2 aromatic rings. The van der Waals surface area contributed by atoms with Gasteiger partial charge in [-0.25, -0.2) is 9.67 Å². The van der Waals surface area contributed by atoms with Crippen molar-refractivity contribution in [1.82, 2.24) is 24.9 Å². The molecule has 1 atom stereocenters. The van der Waals surface area contributed by atoms with Crippen molar-refractivity contribution in [2.24, 2.45) is 5.73 Å². The third-order valence-electron chi connectivity index (χ3n) is 3.77. The van der Waals surface area contributed by atoms with E-state index in [0.29, 0.717) is 13.1 Å². The van der Waals surface area contributed by atoms with Gasteiger partial charge >= 0.3 is 0 Å². The summed E-state index contributed by atoms with van der Waals surface area (Å²) >= 11 is 1.64. The normalized spacial score (nSPS) is 18.1. The van der Waals surface area contributed by atoms with Crippen LogP contribution in [0.4, 0.5) is 0 Å². The van der Waals surface area contributed by atoms with E-state index in [9.17, 15) is 9.59 Å². The van der Waals surface area contributed by atoms with Crippen molar-refractivity contribution in [3.8, 4) is 0 Å². The Hall–Kier alpha value is -2.29. The van der Waals surface area contributed by atoms with Crippen LogP contribution in [0.25, 0.3) is 0 Å². The van der Waals surface area contributed by atoms with Crippen LogP contribution in [0.2, 0.25) is 0 Å². The van der Waals surface area contributed by atoms with Gasteiger partial charge in [-0.15, -0.1) is 16.4 Å². The number of aryl methyl sites for hydroxylation is 1. The largest absolute Gasteiger partial charge is 0.368 e. The second-order valence-electron chi connectivity index (χ2n) is 5.69. The number of nitrogens with zero attached hydrogens (tertiary/aromatic N) is 5. The number of hydrogen-bond donors (Lipinski definition) is 1. The first-order chi connectivity index (χ1) is 11.0. The first-order valence-corrected chi connectivity index (χ1v) is 8.30. The Morgan fingerprint density at radius 3 is 3.00 bits per heavy atom. The first kappa shape index (κ1) is 15.6. The summed E-state index contributed by atoms with van der Waals surface area (Å²) in [5.74, 6) is -0.420. The summed E-state index contributed by atoms with van der Waals surface area (Å²) in [6, 6.07) is 0. The summed E-state index contributed by atoms with van der Waals surface area (Å²) in [6.07, 6.45) is 3.43. The molecule has 23 heavy (non-hydrogen) atoms. The van der Waals surface area contributed by atoms with Crippen molar-refractivity contribution >= 4 is 23.2 Å². The molecule has 0 radical (unpaired) electrons. The monoisotopic (exact) mass is 334 g/mol. The summed E-state index contributed by atoms with van der Waals surface area (Å²) in [4.78, 5) is 29.8. The van der Waals surface area contributed by atoms with Gasteiger partial charge in [-0.2, -0.15) is 0 Å². The predicted molar refractivity (Wildman–Crippen MR) is 83.9 cm³/mol. The van der Waals surface area contributed by atoms with Crippen LogP contribution in [0.3, 0.4) is 0 Å². The molecule has 2 N–H and O–H groups in total. The number of hydrogen-bond acceptors (Lipinski definition) is 6. The summed E-state index contributed by atoms with van der Waals surface area (Å²) < 4.78 is 1.28. The van der Waals surface area contributed by atoms with Crippen LogP contribution in [0.1, 0.15) is 39.9 Å². The maximum atomic E-state index is 12.6. The number of carbonyl (C=O) groups is 2. The molecule has 3 heterocycles. The molecule has 122 valence electrons. The average molecular weight is 334 g/mol. The second-order valence-corrected chi connectivity index (χ2v) is 6.57. The molecule has 1 fully saturated rings. The van der Waals surface area contributed by atoms with Crippen LogP contribution in [-0.2, 0) is 11.3 Å². The van der Waals surface area contributed by atoms with E-state index in [2.05, 4.69) is 15.3 Å². The lowest BCUT2D eigenvalue weighted by Gasteiger charge is -2.31. The van der Waals surface area contributed by atoms with Crippen LogP contribution in [0.5, 0.6) is 0 Å². The van der Waals surface area contributed by atoms with E-state index in [4.69, 9.17) is 5.73 Å². The highest BCUT2D eigenvalue weighted by Crippen LogP contribution is 2.29. The van der Waals surface area contributed by atoms with Crippen LogP contribution >= 0.6 is 11.3 Å². The minimum Gasteiger partial charge on any atom is -0.368 e. The van der Waals surface area contributed by atoms with Gasteiger partial charge in [0, 0.05) is 30.1 Å². The van der Waals surface area contributed by atoms with Gasteiger partial charge in [-0.05, 0) is 19.8 Å². The summed E-state index contributed by atoms with van der Waals surface area (Å²) in [7, 11) is 0. The Bertz CT molecular complexity index is 724. The number of amides is 2. The molecule has 2 aromatic heterocycles. The highest BCUT2D eigenvalue weighted by molar-refractivity contribution is 7.09. The molecule has 0 saturated carbocycles. The summed E-state index contributed by atoms with van der Waals surface area (Å²) in [5.41, 5.74) is 6.36. The van der Waals surface area contributed by atoms with Crippen LogP contribution < -0.4 is 5.73 Å². The number of primary amides is 1. The molecule has 0 aromatic carbocycles. The number of aromatic nitrogens is 4. The zero-order valence-corrected chi connectivity index (χ0v) is 13.6. The molecule has 0 spiro atoms. The summed E-state index contributed by atoms with van der Waals surface area (Å²) in [5, 5.41) is 10.7. The SMILES string of the molecule is Cc1csc([C@H]2CCCN(C(=O)c3cn(CC(N)=O)nn3)C2)n1. The van der Waals surface area contributed by atoms with E-state index < -0.39 is 5.91 Å². The van der Waals surface area contributed by atoms with Gasteiger partial charge < -0.3 is 10.6 Å². The van der Waals surface area contributed by atoms with E-state index in [1.54, 1.807) is 16.2 Å². The maximum Gasteiger partial charge on any atom is 0.276 e. The number of nitrogens with two attached hydrogens (primary N) is 1. The molecule has 2 amide bonds. The lowest BCUT2D eigenvalue weighted by Crippen LogP contribution is -2.39. The molecule has 0 aliphatic carbocycles. The fourth-order valence-corrected chi connectivity index (χ4v) is 3.64. The van der Waals surface area contributed by atoms with E-state index in [0.717, 1.165) is 23.5 Å². The molecule has 1 saturated heterocycles. The molecule has 0 bridgehead atoms. The lowest BCUT2D eigenvalue weighted by molar-refractivity contribution is -0.118. The molecular weight excluding hydrogens is 316 g/mol. The molecule has 8 nitrogen and oxygen atoms in total. The second kappa shape index (κ2) is 6.45. The van der Waals surface area contributed by atoms with Gasteiger partial charge in [-0.1, -0.05) is 5.21 Å². The minimum absolute atomic E-state index is 0.0820. The highest BCUT2D eigenvalue weighted by Gasteiger charge is 2.28. The quantitative estimate of drug-likeness (QED) is 0.878. The van der Waals surface area contributed by atoms with Gasteiger partial charge in [0.1, 0.15) is 6.54 Å². The summed E-state index contributed by atoms with van der Waals surface area (Å²) in [6.45, 7) is 3.22. The molecule has 1 aliphatic heterocycles. The third kappa shape index (κ3) is 3.55. The Morgan fingerprint density at radius 2 is 2.30 bits per heavy atom. The Balaban J connectivity index is 1.69. The van der Waals surface area contributed by atoms with Crippen LogP contribution in [0, 0.1) is 6.92 Å². The van der Waals surface area contributed by atoms with Crippen molar-refractivity contribution in [3.05, 3.63) is 28.0 Å². The predicted octanol–water partition coefficient (Wildman–Crippen LogP) is 0.548. The molecule has 3 rings (SSSR count). The first-order valence-electron chi connectivity index (χ1n) is 7.42. The van der Waals surface area contributed by atoms with Crippen molar-refractivity contribution in [1.29, 1.82) is 0 Å². The van der Waals surface area contributed by atoms with Crippen LogP contribution in [-0.4, -0.2) is 49.8 Å². The molecule has 1 aliphatic rings. The van der Waals surface area contributed by atoms with E-state index in [1.807, 2.05) is 12.3 Å². The van der Waals surface area contributed by atoms with Gasteiger partial charge in [0.25, 0.3) is 5.91 Å². The van der Waals surface area contributed by atoms with Gasteiger partial charge in [0.05, 0.1) is 11.2 Å². The minimum atomic E-state index is -0.522. The van der Waals surface area contributed by atoms with Crippen molar-refractivity contribution in [2.75, 3.05) is 13.1 Å². The van der Waals surface area contributed by atoms with Crippen LogP contribution in [0.15, 0.2) is 11.6 Å². The number of likely N-dealkylation sites (tertiary alicyclic amines) is 1. The van der Waals surface area contributed by atoms with E-state index in [-0.39, 0.29) is 24.1 Å². The van der Waals surface area contributed by atoms with Crippen molar-refractivity contribution in [2.45, 2.75) is 32.2 Å². The van der Waals surface area contributed by atoms with Crippen molar-refractivity contribution in [3.63, 3.8) is 0 Å². The zero-order chi connectivity index (χ0) is 16.4. The smallest absolute Gasteiger partial charge is 0.276 e. The number of thiazole rings is 1. The fourth-order valence-electron chi connectivity index (χ4n) is 2.72. The Kier molecular flexibility index (Phi) is 4.37. The van der Waals surface area contributed by atoms with Gasteiger partial charge in [-0.3, -0.25) is 9.59 Å². The maximum absolute atomic E-state index is 12.6. The topological polar surface area (TPSA) is 107 Å². The number of carbonyl (C=O) groups excluding carboxylic acids is 2. The lowest BCUT2D eigenvalue weighted by atomic mass is 9.98. The zero-order valence-electron chi connectivity index (χ0n) is 12.8. The average Bonchev–Trinajstić information content (AvgIpc) is 3.15. The van der Waals surface area contributed by atoms with E-state index >= 15 is 0 Å². The molecular formula is C14H18N6O2S. The van der Waals surface area contributed by atoms with Crippen molar-refractivity contribution < 1.29 is 9.59 Å². The molecule has 9 heteroatoms. The third-order valence-corrected chi connectivity index (χ3v) is 4.90. The number of piperidine rings is 1.